The van der Waals surface area contributed by atoms with Crippen LogP contribution in [0.2, 0.25) is 5.02 Å². The third-order valence-corrected chi connectivity index (χ3v) is 9.93. The van der Waals surface area contributed by atoms with Crippen LogP contribution >= 0.6 is 23.4 Å². The first-order chi connectivity index (χ1) is 23.7. The topological polar surface area (TPSA) is 117 Å². The number of ether oxygens (including phenoxy) is 2. The minimum Gasteiger partial charge on any atom is -0.465 e. The van der Waals surface area contributed by atoms with Crippen molar-refractivity contribution in [3.63, 3.8) is 0 Å². The number of anilines is 1. The molecule has 9 nitrogen and oxygen atoms in total. The Morgan fingerprint density at radius 2 is 1.63 bits per heavy atom. The molecular weight excluding hydrogens is 662 g/mol. The molecular formula is C38H40ClN3O6S. The summed E-state index contributed by atoms with van der Waals surface area (Å²) in [7, 11) is 1.26. The van der Waals surface area contributed by atoms with E-state index in [9.17, 15) is 19.5 Å². The summed E-state index contributed by atoms with van der Waals surface area (Å²) >= 11 is 7.62. The second kappa shape index (κ2) is 17.2. The first-order valence-electron chi connectivity index (χ1n) is 16.1. The van der Waals surface area contributed by atoms with E-state index >= 15 is 0 Å². The van der Waals surface area contributed by atoms with Crippen LogP contribution in [0.3, 0.4) is 0 Å². The quantitative estimate of drug-likeness (QED) is 0.129. The number of halogens is 1. The molecule has 0 spiro atoms. The number of carboxylic acid groups (broad SMARTS) is 1. The predicted octanol–water partition coefficient (Wildman–Crippen LogP) is 7.77. The number of carbonyl (C=O) groups excluding carboxylic acids is 2. The lowest BCUT2D eigenvalue weighted by Gasteiger charge is -2.42. The second-order valence-electron chi connectivity index (χ2n) is 11.9. The van der Waals surface area contributed by atoms with Crippen molar-refractivity contribution in [3.8, 4) is 11.1 Å². The maximum Gasteiger partial charge on any atom is 0.407 e. The molecule has 256 valence electrons. The highest BCUT2D eigenvalue weighted by Crippen LogP contribution is 2.29. The Kier molecular flexibility index (Phi) is 12.6. The molecule has 2 unspecified atom stereocenters. The zero-order valence-electron chi connectivity index (χ0n) is 27.4. The third kappa shape index (κ3) is 10.0. The van der Waals surface area contributed by atoms with Gasteiger partial charge in [-0.2, -0.15) is 0 Å². The van der Waals surface area contributed by atoms with E-state index in [4.69, 9.17) is 21.1 Å². The maximum absolute atomic E-state index is 13.6. The molecule has 1 heterocycles. The van der Waals surface area contributed by atoms with Gasteiger partial charge in [0.2, 0.25) is 5.91 Å². The number of morpholine rings is 1. The van der Waals surface area contributed by atoms with Crippen molar-refractivity contribution in [1.29, 1.82) is 0 Å². The summed E-state index contributed by atoms with van der Waals surface area (Å²) < 4.78 is 11.3. The summed E-state index contributed by atoms with van der Waals surface area (Å²) in [5, 5.41) is 16.3. The number of nitrogens with zero attached hydrogens (tertiary/aromatic N) is 1. The number of hydrogen-bond donors (Lipinski definition) is 3. The molecule has 0 saturated carbocycles. The highest BCUT2D eigenvalue weighted by Gasteiger charge is 2.36. The lowest BCUT2D eigenvalue weighted by atomic mass is 9.99. The average molecular weight is 702 g/mol. The van der Waals surface area contributed by atoms with Crippen molar-refractivity contribution >= 4 is 47.1 Å². The predicted molar refractivity (Wildman–Crippen MR) is 193 cm³/mol. The van der Waals surface area contributed by atoms with E-state index < -0.39 is 18.2 Å². The largest absolute Gasteiger partial charge is 0.465 e. The van der Waals surface area contributed by atoms with Crippen molar-refractivity contribution in [3.05, 3.63) is 119 Å². The first-order valence-corrected chi connectivity index (χ1v) is 17.5. The Bertz CT molecular complexity index is 1710. The Morgan fingerprint density at radius 3 is 2.33 bits per heavy atom. The molecule has 3 N–H and O–H groups in total. The second-order valence-corrected chi connectivity index (χ2v) is 13.4. The molecule has 1 aliphatic rings. The van der Waals surface area contributed by atoms with Gasteiger partial charge in [-0.05, 0) is 72.4 Å². The van der Waals surface area contributed by atoms with E-state index in [1.165, 1.54) is 12.0 Å². The van der Waals surface area contributed by atoms with Crippen LogP contribution in [0.4, 0.5) is 15.3 Å². The molecule has 0 bridgehead atoms. The van der Waals surface area contributed by atoms with Crippen LogP contribution in [-0.4, -0.2) is 71.8 Å². The highest BCUT2D eigenvalue weighted by molar-refractivity contribution is 7.99. The van der Waals surface area contributed by atoms with E-state index in [0.29, 0.717) is 29.3 Å². The monoisotopic (exact) mass is 701 g/mol. The van der Waals surface area contributed by atoms with E-state index in [0.717, 1.165) is 27.1 Å². The molecule has 4 atom stereocenters. The van der Waals surface area contributed by atoms with Crippen molar-refractivity contribution in [1.82, 2.24) is 10.2 Å². The molecule has 1 aliphatic heterocycles. The zero-order valence-corrected chi connectivity index (χ0v) is 29.0. The van der Waals surface area contributed by atoms with Gasteiger partial charge in [-0.3, -0.25) is 4.79 Å². The van der Waals surface area contributed by atoms with E-state index in [2.05, 4.69) is 10.6 Å². The summed E-state index contributed by atoms with van der Waals surface area (Å²) in [6, 6.07) is 31.7. The van der Waals surface area contributed by atoms with Gasteiger partial charge in [0.1, 0.15) is 6.04 Å². The molecule has 4 aromatic carbocycles. The summed E-state index contributed by atoms with van der Waals surface area (Å²) in [6.07, 6.45) is -0.985. The minimum atomic E-state index is -0.978. The van der Waals surface area contributed by atoms with Gasteiger partial charge < -0.3 is 30.1 Å². The molecule has 0 aromatic heterocycles. The van der Waals surface area contributed by atoms with Crippen molar-refractivity contribution in [2.45, 2.75) is 55.4 Å². The number of hydrogen-bond acceptors (Lipinski definition) is 6. The van der Waals surface area contributed by atoms with Crippen LogP contribution in [0.1, 0.15) is 24.5 Å². The molecule has 11 heteroatoms. The highest BCUT2D eigenvalue weighted by atomic mass is 35.5. The number of methoxy groups -OCH3 is 1. The number of thioether (sulfide) groups is 1. The normalized spacial score (nSPS) is 17.9. The fourth-order valence-electron chi connectivity index (χ4n) is 5.80. The number of aryl methyl sites for hydroxylation is 1. The van der Waals surface area contributed by atoms with Crippen molar-refractivity contribution in [2.24, 2.45) is 0 Å². The fraction of sp³-hybridized carbons (Fsp3) is 0.289. The van der Waals surface area contributed by atoms with Crippen LogP contribution < -0.4 is 10.6 Å². The van der Waals surface area contributed by atoms with Gasteiger partial charge in [0.05, 0.1) is 31.9 Å². The molecule has 1 saturated heterocycles. The Morgan fingerprint density at radius 1 is 0.959 bits per heavy atom. The number of para-hydroxylation sites is 1. The lowest BCUT2D eigenvalue weighted by Crippen LogP contribution is -2.56. The molecule has 0 radical (unpaired) electrons. The summed E-state index contributed by atoms with van der Waals surface area (Å²) in [6.45, 7) is 2.13. The lowest BCUT2D eigenvalue weighted by molar-refractivity contribution is -0.118. The molecule has 3 amide bonds. The Hall–Kier alpha value is -4.51. The van der Waals surface area contributed by atoms with E-state index in [-0.39, 0.29) is 37.1 Å². The van der Waals surface area contributed by atoms with Gasteiger partial charge in [-0.15, -0.1) is 11.8 Å². The van der Waals surface area contributed by atoms with Crippen LogP contribution in [0.25, 0.3) is 11.1 Å². The molecule has 49 heavy (non-hydrogen) atoms. The van der Waals surface area contributed by atoms with Gasteiger partial charge in [-0.1, -0.05) is 84.4 Å². The Balaban J connectivity index is 1.24. The number of amides is 3. The molecule has 1 fully saturated rings. The number of carbonyl (C=O) groups is 3. The number of alkyl carbamates (subject to hydrolysis) is 1. The molecule has 4 aromatic rings. The van der Waals surface area contributed by atoms with Crippen LogP contribution in [-0.2, 0) is 27.1 Å². The average Bonchev–Trinajstić information content (AvgIpc) is 3.12. The van der Waals surface area contributed by atoms with Gasteiger partial charge in [-0.25, -0.2) is 9.59 Å². The zero-order chi connectivity index (χ0) is 34.8. The fourth-order valence-corrected chi connectivity index (χ4v) is 6.96. The van der Waals surface area contributed by atoms with Crippen molar-refractivity contribution < 1.29 is 29.0 Å². The van der Waals surface area contributed by atoms with E-state index in [1.54, 1.807) is 11.8 Å². The van der Waals surface area contributed by atoms with Gasteiger partial charge in [0.25, 0.3) is 0 Å². The van der Waals surface area contributed by atoms with Gasteiger partial charge >= 0.3 is 12.2 Å². The number of benzene rings is 4. The van der Waals surface area contributed by atoms with Gasteiger partial charge in [0.15, 0.2) is 0 Å². The van der Waals surface area contributed by atoms with Gasteiger partial charge in [0, 0.05) is 27.8 Å². The summed E-state index contributed by atoms with van der Waals surface area (Å²) in [5.74, 6) is 0.198. The first kappa shape index (κ1) is 35.8. The van der Waals surface area contributed by atoms with Crippen LogP contribution in [0.15, 0.2) is 108 Å². The number of nitrogens with one attached hydrogen (secondary N) is 2. The van der Waals surface area contributed by atoms with Crippen LogP contribution in [0.5, 0.6) is 0 Å². The SMILES string of the molecule is COC(=O)N[C@@H](Cc1ccc(-c2ccccc2)cc1)C(=O)Nc1ccccc1CC[C@@H]1CN(C(=O)O)C(C)C(CSc2ccc(Cl)cc2)O1. The third-order valence-electron chi connectivity index (χ3n) is 8.58. The smallest absolute Gasteiger partial charge is 0.407 e. The molecule has 5 rings (SSSR count). The minimum absolute atomic E-state index is 0.251. The van der Waals surface area contributed by atoms with Crippen molar-refractivity contribution in [2.75, 3.05) is 24.7 Å². The maximum atomic E-state index is 13.6. The molecule has 0 aliphatic carbocycles. The summed E-state index contributed by atoms with van der Waals surface area (Å²) in [4.78, 5) is 40.5. The van der Waals surface area contributed by atoms with Crippen LogP contribution in [0, 0.1) is 0 Å². The standard InChI is InChI=1S/C38H40ClN3O6S/c1-25-35(24-49-32-20-17-30(39)18-21-32)48-31(23-42(25)38(45)46)19-16-29-10-6-7-11-33(29)40-36(43)34(41-37(44)47-2)22-26-12-14-28(15-13-26)27-8-4-3-5-9-27/h3-15,17-18,20-21,25,31,34-35H,16,19,22-24H2,1-2H3,(H,40,43)(H,41,44)(H,45,46)/t25?,31-,34+,35?/m1/s1. The van der Waals surface area contributed by atoms with E-state index in [1.807, 2.05) is 110 Å². The Labute approximate surface area is 295 Å². The summed E-state index contributed by atoms with van der Waals surface area (Å²) in [5.41, 5.74) is 4.49. The number of rotatable bonds is 12.